The van der Waals surface area contributed by atoms with Gasteiger partial charge in [-0.3, -0.25) is 4.90 Å². The molecule has 0 aromatic rings. The van der Waals surface area contributed by atoms with E-state index in [-0.39, 0.29) is 0 Å². The Hall–Kier alpha value is 0.440. The maximum atomic E-state index is 3.53. The predicted octanol–water partition coefficient (Wildman–Crippen LogP) is 3.28. The molecule has 0 radical (unpaired) electrons. The van der Waals surface area contributed by atoms with Crippen molar-refractivity contribution in [2.24, 2.45) is 5.92 Å². The summed E-state index contributed by atoms with van der Waals surface area (Å²) in [4.78, 5) is 2.65. The fourth-order valence-electron chi connectivity index (χ4n) is 1.73. The average Bonchev–Trinajstić information content (AvgIpc) is 2.84. The molecule has 0 bridgehead atoms. The van der Waals surface area contributed by atoms with Gasteiger partial charge in [0.2, 0.25) is 0 Å². The summed E-state index contributed by atoms with van der Waals surface area (Å²) in [5.41, 5.74) is 0. The van der Waals surface area contributed by atoms with E-state index in [0.717, 1.165) is 17.3 Å². The zero-order valence-electron chi connectivity index (χ0n) is 8.93. The molecule has 0 heterocycles. The molecule has 1 saturated carbocycles. The maximum absolute atomic E-state index is 3.53. The molecule has 1 fully saturated rings. The monoisotopic (exact) mass is 247 g/mol. The van der Waals surface area contributed by atoms with E-state index in [4.69, 9.17) is 0 Å². The zero-order chi connectivity index (χ0) is 9.68. The SMILES string of the molecule is CC(C)CCCN(CCBr)C1CC1. The Morgan fingerprint density at radius 1 is 1.31 bits per heavy atom. The number of halogens is 1. The van der Waals surface area contributed by atoms with Crippen molar-refractivity contribution in [3.05, 3.63) is 0 Å². The highest BCUT2D eigenvalue weighted by Crippen LogP contribution is 2.27. The molecule has 1 aliphatic rings. The Morgan fingerprint density at radius 2 is 2.00 bits per heavy atom. The largest absolute Gasteiger partial charge is 0.300 e. The second kappa shape index (κ2) is 6.02. The fourth-order valence-corrected chi connectivity index (χ4v) is 2.18. The number of hydrogen-bond acceptors (Lipinski definition) is 1. The minimum absolute atomic E-state index is 0.866. The van der Waals surface area contributed by atoms with Crippen LogP contribution >= 0.6 is 15.9 Å². The van der Waals surface area contributed by atoms with E-state index in [1.54, 1.807) is 0 Å². The molecular formula is C11H22BrN. The van der Waals surface area contributed by atoms with Gasteiger partial charge in [-0.1, -0.05) is 29.8 Å². The van der Waals surface area contributed by atoms with Crippen molar-refractivity contribution >= 4 is 15.9 Å². The molecule has 0 aromatic carbocycles. The normalized spacial score (nSPS) is 17.3. The molecule has 0 amide bonds. The van der Waals surface area contributed by atoms with Gasteiger partial charge in [0.05, 0.1) is 0 Å². The zero-order valence-corrected chi connectivity index (χ0v) is 10.5. The number of nitrogens with zero attached hydrogens (tertiary/aromatic N) is 1. The lowest BCUT2D eigenvalue weighted by molar-refractivity contribution is 0.269. The van der Waals surface area contributed by atoms with Crippen molar-refractivity contribution in [3.63, 3.8) is 0 Å². The summed E-state index contributed by atoms with van der Waals surface area (Å²) >= 11 is 3.53. The first-order valence-electron chi connectivity index (χ1n) is 5.54. The molecule has 0 spiro atoms. The predicted molar refractivity (Wildman–Crippen MR) is 62.5 cm³/mol. The van der Waals surface area contributed by atoms with Crippen LogP contribution in [0.4, 0.5) is 0 Å². The van der Waals surface area contributed by atoms with Crippen LogP contribution in [0.25, 0.3) is 0 Å². The number of rotatable bonds is 7. The molecule has 1 nitrogen and oxygen atoms in total. The van der Waals surface area contributed by atoms with Crippen LogP contribution in [-0.4, -0.2) is 29.4 Å². The lowest BCUT2D eigenvalue weighted by Crippen LogP contribution is -2.29. The van der Waals surface area contributed by atoms with E-state index in [0.29, 0.717) is 0 Å². The average molecular weight is 248 g/mol. The molecule has 0 aliphatic heterocycles. The molecule has 1 aliphatic carbocycles. The molecule has 0 aromatic heterocycles. The lowest BCUT2D eigenvalue weighted by atomic mass is 10.1. The van der Waals surface area contributed by atoms with Crippen molar-refractivity contribution in [1.82, 2.24) is 4.90 Å². The van der Waals surface area contributed by atoms with Crippen LogP contribution < -0.4 is 0 Å². The molecule has 0 atom stereocenters. The molecule has 0 saturated heterocycles. The van der Waals surface area contributed by atoms with Gasteiger partial charge in [0, 0.05) is 17.9 Å². The van der Waals surface area contributed by atoms with E-state index in [2.05, 4.69) is 34.7 Å². The van der Waals surface area contributed by atoms with Gasteiger partial charge in [-0.05, 0) is 38.1 Å². The summed E-state index contributed by atoms with van der Waals surface area (Å²) in [5, 5.41) is 1.13. The van der Waals surface area contributed by atoms with Crippen LogP contribution in [0.15, 0.2) is 0 Å². The maximum Gasteiger partial charge on any atom is 0.0159 e. The molecule has 0 unspecified atom stereocenters. The summed E-state index contributed by atoms with van der Waals surface area (Å²) in [5.74, 6) is 0.866. The van der Waals surface area contributed by atoms with Crippen molar-refractivity contribution in [3.8, 4) is 0 Å². The van der Waals surface area contributed by atoms with E-state index in [1.165, 1.54) is 38.8 Å². The molecule has 0 N–H and O–H groups in total. The van der Waals surface area contributed by atoms with Crippen molar-refractivity contribution in [2.45, 2.75) is 45.6 Å². The highest BCUT2D eigenvalue weighted by molar-refractivity contribution is 9.09. The third-order valence-electron chi connectivity index (χ3n) is 2.66. The Balaban J connectivity index is 2.07. The summed E-state index contributed by atoms with van der Waals surface area (Å²) in [7, 11) is 0. The minimum atomic E-state index is 0.866. The topological polar surface area (TPSA) is 3.24 Å². The first kappa shape index (κ1) is 11.5. The van der Waals surface area contributed by atoms with Crippen LogP contribution in [0.2, 0.25) is 0 Å². The Bertz CT molecular complexity index is 132. The Labute approximate surface area is 91.0 Å². The fraction of sp³-hybridized carbons (Fsp3) is 1.00. The van der Waals surface area contributed by atoms with Crippen LogP contribution in [-0.2, 0) is 0 Å². The highest BCUT2D eigenvalue weighted by Gasteiger charge is 2.27. The van der Waals surface area contributed by atoms with Gasteiger partial charge < -0.3 is 0 Å². The van der Waals surface area contributed by atoms with Crippen molar-refractivity contribution in [1.29, 1.82) is 0 Å². The van der Waals surface area contributed by atoms with Gasteiger partial charge in [0.15, 0.2) is 0 Å². The second-order valence-corrected chi connectivity index (χ2v) is 5.29. The molecular weight excluding hydrogens is 226 g/mol. The Kier molecular flexibility index (Phi) is 5.34. The standard InChI is InChI=1S/C11H22BrN/c1-10(2)4-3-8-13(9-7-12)11-5-6-11/h10-11H,3-9H2,1-2H3. The van der Waals surface area contributed by atoms with E-state index in [9.17, 15) is 0 Å². The van der Waals surface area contributed by atoms with Crippen LogP contribution in [0.1, 0.15) is 39.5 Å². The van der Waals surface area contributed by atoms with E-state index >= 15 is 0 Å². The quantitative estimate of drug-likeness (QED) is 0.625. The summed E-state index contributed by atoms with van der Waals surface area (Å²) in [6, 6.07) is 0.935. The van der Waals surface area contributed by atoms with Crippen LogP contribution in [0.3, 0.4) is 0 Å². The molecule has 2 heteroatoms. The minimum Gasteiger partial charge on any atom is -0.300 e. The third kappa shape index (κ3) is 5.02. The Morgan fingerprint density at radius 3 is 2.46 bits per heavy atom. The first-order valence-corrected chi connectivity index (χ1v) is 6.66. The van der Waals surface area contributed by atoms with Gasteiger partial charge in [-0.15, -0.1) is 0 Å². The van der Waals surface area contributed by atoms with Crippen LogP contribution in [0, 0.1) is 5.92 Å². The number of alkyl halides is 1. The van der Waals surface area contributed by atoms with Gasteiger partial charge in [0.25, 0.3) is 0 Å². The second-order valence-electron chi connectivity index (χ2n) is 4.49. The summed E-state index contributed by atoms with van der Waals surface area (Å²) in [6.45, 7) is 7.18. The van der Waals surface area contributed by atoms with Crippen molar-refractivity contribution in [2.75, 3.05) is 18.4 Å². The molecule has 78 valence electrons. The first-order chi connectivity index (χ1) is 6.24. The van der Waals surface area contributed by atoms with Crippen LogP contribution in [0.5, 0.6) is 0 Å². The van der Waals surface area contributed by atoms with E-state index < -0.39 is 0 Å². The van der Waals surface area contributed by atoms with Gasteiger partial charge in [0.1, 0.15) is 0 Å². The van der Waals surface area contributed by atoms with Crippen molar-refractivity contribution < 1.29 is 0 Å². The van der Waals surface area contributed by atoms with Gasteiger partial charge in [-0.25, -0.2) is 0 Å². The van der Waals surface area contributed by atoms with E-state index in [1.807, 2.05) is 0 Å². The summed E-state index contributed by atoms with van der Waals surface area (Å²) in [6.07, 6.45) is 5.63. The lowest BCUT2D eigenvalue weighted by Gasteiger charge is -2.20. The smallest absolute Gasteiger partial charge is 0.0159 e. The molecule has 13 heavy (non-hydrogen) atoms. The molecule has 1 rings (SSSR count). The number of hydrogen-bond donors (Lipinski definition) is 0. The van der Waals surface area contributed by atoms with Gasteiger partial charge >= 0.3 is 0 Å². The highest BCUT2D eigenvalue weighted by atomic mass is 79.9. The van der Waals surface area contributed by atoms with Gasteiger partial charge in [-0.2, -0.15) is 0 Å². The summed E-state index contributed by atoms with van der Waals surface area (Å²) < 4.78 is 0. The third-order valence-corrected chi connectivity index (χ3v) is 3.02.